The van der Waals surface area contributed by atoms with Crippen LogP contribution in [0.2, 0.25) is 10.0 Å². The first-order chi connectivity index (χ1) is 17.7. The predicted molar refractivity (Wildman–Crippen MR) is 150 cm³/mol. The SMILES string of the molecule is COc1cc(C=NNC(=O)C(NC(=O)c2ccc(Cl)c(Cl)c2)C(C)C)cc(Br)c1OCc1ccccc1. The van der Waals surface area contributed by atoms with E-state index in [0.717, 1.165) is 5.56 Å². The number of nitrogens with one attached hydrogen (secondary N) is 2. The van der Waals surface area contributed by atoms with Crippen molar-refractivity contribution in [2.75, 3.05) is 7.11 Å². The van der Waals surface area contributed by atoms with E-state index in [1.807, 2.05) is 44.2 Å². The Bertz CT molecular complexity index is 1290. The number of carbonyl (C=O) groups is 2. The maximum absolute atomic E-state index is 12.8. The number of hydrogen-bond acceptors (Lipinski definition) is 5. The van der Waals surface area contributed by atoms with Crippen molar-refractivity contribution >= 4 is 57.2 Å². The molecule has 2 amide bonds. The smallest absolute Gasteiger partial charge is 0.262 e. The largest absolute Gasteiger partial charge is 0.493 e. The van der Waals surface area contributed by atoms with E-state index in [-0.39, 0.29) is 10.9 Å². The van der Waals surface area contributed by atoms with Crippen molar-refractivity contribution in [3.05, 3.63) is 91.9 Å². The summed E-state index contributed by atoms with van der Waals surface area (Å²) in [5.41, 5.74) is 4.47. The lowest BCUT2D eigenvalue weighted by Gasteiger charge is -2.20. The first-order valence-corrected chi connectivity index (χ1v) is 12.9. The van der Waals surface area contributed by atoms with E-state index in [0.29, 0.717) is 38.7 Å². The first kappa shape index (κ1) is 28.5. The van der Waals surface area contributed by atoms with Crippen molar-refractivity contribution in [1.82, 2.24) is 10.7 Å². The van der Waals surface area contributed by atoms with Crippen LogP contribution in [0.15, 0.2) is 70.2 Å². The highest BCUT2D eigenvalue weighted by molar-refractivity contribution is 9.10. The van der Waals surface area contributed by atoms with Crippen LogP contribution in [0.3, 0.4) is 0 Å². The minimum atomic E-state index is -0.825. The van der Waals surface area contributed by atoms with Gasteiger partial charge < -0.3 is 14.8 Å². The molecule has 0 saturated heterocycles. The molecule has 0 heterocycles. The molecule has 0 radical (unpaired) electrons. The third-order valence-corrected chi connectivity index (χ3v) is 6.61. The molecule has 0 aliphatic rings. The van der Waals surface area contributed by atoms with Gasteiger partial charge in [0, 0.05) is 5.56 Å². The molecule has 3 rings (SSSR count). The molecule has 2 N–H and O–H groups in total. The van der Waals surface area contributed by atoms with Gasteiger partial charge in [-0.05, 0) is 63.3 Å². The molecular formula is C27H26BrCl2N3O4. The molecule has 0 aromatic heterocycles. The minimum Gasteiger partial charge on any atom is -0.493 e. The second-order valence-corrected chi connectivity index (χ2v) is 10.0. The summed E-state index contributed by atoms with van der Waals surface area (Å²) >= 11 is 15.4. The van der Waals surface area contributed by atoms with Gasteiger partial charge >= 0.3 is 0 Å². The van der Waals surface area contributed by atoms with E-state index < -0.39 is 17.9 Å². The first-order valence-electron chi connectivity index (χ1n) is 11.3. The van der Waals surface area contributed by atoms with Gasteiger partial charge in [-0.3, -0.25) is 9.59 Å². The fraction of sp³-hybridized carbons (Fsp3) is 0.222. The summed E-state index contributed by atoms with van der Waals surface area (Å²) in [5.74, 6) is -0.0497. The van der Waals surface area contributed by atoms with Crippen LogP contribution in [-0.2, 0) is 11.4 Å². The lowest BCUT2D eigenvalue weighted by Crippen LogP contribution is -2.48. The Hall–Kier alpha value is -3.07. The summed E-state index contributed by atoms with van der Waals surface area (Å²) in [5, 5.41) is 7.37. The number of benzene rings is 3. The average Bonchev–Trinajstić information content (AvgIpc) is 2.88. The van der Waals surface area contributed by atoms with Gasteiger partial charge in [0.05, 0.1) is 27.8 Å². The molecule has 194 valence electrons. The van der Waals surface area contributed by atoms with Gasteiger partial charge in [-0.2, -0.15) is 5.10 Å². The van der Waals surface area contributed by atoms with Gasteiger partial charge in [0.15, 0.2) is 11.5 Å². The highest BCUT2D eigenvalue weighted by Gasteiger charge is 2.25. The van der Waals surface area contributed by atoms with Gasteiger partial charge in [0.1, 0.15) is 12.6 Å². The van der Waals surface area contributed by atoms with Crippen LogP contribution in [0.1, 0.15) is 35.3 Å². The van der Waals surface area contributed by atoms with E-state index in [9.17, 15) is 9.59 Å². The topological polar surface area (TPSA) is 89.0 Å². The summed E-state index contributed by atoms with van der Waals surface area (Å²) in [6.45, 7) is 4.02. The van der Waals surface area contributed by atoms with E-state index >= 15 is 0 Å². The molecule has 3 aromatic carbocycles. The second-order valence-electron chi connectivity index (χ2n) is 8.37. The van der Waals surface area contributed by atoms with Crippen LogP contribution in [0.5, 0.6) is 11.5 Å². The Labute approximate surface area is 234 Å². The van der Waals surface area contributed by atoms with Crippen LogP contribution in [0.4, 0.5) is 0 Å². The summed E-state index contributed by atoms with van der Waals surface area (Å²) in [6.07, 6.45) is 1.48. The number of carbonyl (C=O) groups excluding carboxylic acids is 2. The predicted octanol–water partition coefficient (Wildman–Crippen LogP) is 6.25. The molecule has 3 aromatic rings. The molecule has 1 atom stereocenters. The van der Waals surface area contributed by atoms with Crippen LogP contribution < -0.4 is 20.2 Å². The number of ether oxygens (including phenoxy) is 2. The van der Waals surface area contributed by atoms with Crippen molar-refractivity contribution in [1.29, 1.82) is 0 Å². The standard InChI is InChI=1S/C27H26BrCl2N3O4/c1-16(2)24(32-26(34)19-9-10-21(29)22(30)13-19)27(35)33-31-14-18-11-20(28)25(23(12-18)36-3)37-15-17-7-5-4-6-8-17/h4-14,16,24H,15H2,1-3H3,(H,32,34)(H,33,35). The van der Waals surface area contributed by atoms with Crippen LogP contribution in [0.25, 0.3) is 0 Å². The number of nitrogens with zero attached hydrogens (tertiary/aromatic N) is 1. The Morgan fingerprint density at radius 2 is 1.78 bits per heavy atom. The van der Waals surface area contributed by atoms with Gasteiger partial charge in [0.2, 0.25) is 0 Å². The number of hydrogen-bond donors (Lipinski definition) is 2. The summed E-state index contributed by atoms with van der Waals surface area (Å²) in [7, 11) is 1.55. The number of hydrazone groups is 1. The number of amides is 2. The van der Waals surface area contributed by atoms with Crippen molar-refractivity contribution in [2.45, 2.75) is 26.5 Å². The molecule has 37 heavy (non-hydrogen) atoms. The van der Waals surface area contributed by atoms with Gasteiger partial charge in [-0.1, -0.05) is 67.4 Å². The van der Waals surface area contributed by atoms with Crippen LogP contribution in [0, 0.1) is 5.92 Å². The summed E-state index contributed by atoms with van der Waals surface area (Å²) < 4.78 is 12.1. The van der Waals surface area contributed by atoms with Crippen LogP contribution >= 0.6 is 39.1 Å². The third kappa shape index (κ3) is 7.95. The van der Waals surface area contributed by atoms with E-state index in [1.165, 1.54) is 24.4 Å². The zero-order chi connectivity index (χ0) is 26.9. The maximum atomic E-state index is 12.8. The Morgan fingerprint density at radius 1 is 1.05 bits per heavy atom. The van der Waals surface area contributed by atoms with Crippen molar-refractivity contribution in [3.63, 3.8) is 0 Å². The lowest BCUT2D eigenvalue weighted by molar-refractivity contribution is -0.123. The third-order valence-electron chi connectivity index (χ3n) is 5.28. The fourth-order valence-electron chi connectivity index (χ4n) is 3.32. The van der Waals surface area contributed by atoms with E-state index in [4.69, 9.17) is 32.7 Å². The molecule has 0 fully saturated rings. The van der Waals surface area contributed by atoms with Crippen molar-refractivity contribution < 1.29 is 19.1 Å². The molecule has 0 aliphatic carbocycles. The van der Waals surface area contributed by atoms with Gasteiger partial charge in [-0.25, -0.2) is 5.43 Å². The summed E-state index contributed by atoms with van der Waals surface area (Å²) in [6, 6.07) is 17.0. The number of methoxy groups -OCH3 is 1. The molecule has 10 heteroatoms. The quantitative estimate of drug-likeness (QED) is 0.211. The van der Waals surface area contributed by atoms with Gasteiger partial charge in [0.25, 0.3) is 11.8 Å². The Balaban J connectivity index is 1.66. The zero-order valence-corrected chi connectivity index (χ0v) is 23.5. The molecular weight excluding hydrogens is 581 g/mol. The molecule has 0 spiro atoms. The number of halogens is 3. The monoisotopic (exact) mass is 605 g/mol. The molecule has 1 unspecified atom stereocenters. The van der Waals surface area contributed by atoms with Crippen molar-refractivity contribution in [3.8, 4) is 11.5 Å². The highest BCUT2D eigenvalue weighted by atomic mass is 79.9. The van der Waals surface area contributed by atoms with E-state index in [1.54, 1.807) is 19.2 Å². The number of rotatable bonds is 10. The Kier molecular flexibility index (Phi) is 10.4. The van der Waals surface area contributed by atoms with Crippen LogP contribution in [-0.4, -0.2) is 31.2 Å². The summed E-state index contributed by atoms with van der Waals surface area (Å²) in [4.78, 5) is 25.4. The second kappa shape index (κ2) is 13.5. The maximum Gasteiger partial charge on any atom is 0.262 e. The normalized spacial score (nSPS) is 11.9. The molecule has 7 nitrogen and oxygen atoms in total. The molecule has 0 saturated carbocycles. The minimum absolute atomic E-state index is 0.197. The molecule has 0 bridgehead atoms. The van der Waals surface area contributed by atoms with Crippen molar-refractivity contribution in [2.24, 2.45) is 11.0 Å². The zero-order valence-electron chi connectivity index (χ0n) is 20.4. The average molecular weight is 607 g/mol. The molecule has 0 aliphatic heterocycles. The highest BCUT2D eigenvalue weighted by Crippen LogP contribution is 2.36. The fourth-order valence-corrected chi connectivity index (χ4v) is 4.19. The lowest BCUT2D eigenvalue weighted by atomic mass is 10.0. The Morgan fingerprint density at radius 3 is 2.43 bits per heavy atom. The van der Waals surface area contributed by atoms with E-state index in [2.05, 4.69) is 31.8 Å². The van der Waals surface area contributed by atoms with Gasteiger partial charge in [-0.15, -0.1) is 0 Å².